The fourth-order valence-corrected chi connectivity index (χ4v) is 1.95. The number of methoxy groups -OCH3 is 3. The number of hydrogen-bond acceptors (Lipinski definition) is 3. The van der Waals surface area contributed by atoms with E-state index in [1.165, 1.54) is 5.56 Å². The Bertz CT molecular complexity index is 510. The molecule has 100 valence electrons. The van der Waals surface area contributed by atoms with Crippen molar-refractivity contribution >= 4 is 0 Å². The average molecular weight is 258 g/mol. The second kappa shape index (κ2) is 6.14. The summed E-state index contributed by atoms with van der Waals surface area (Å²) in [6.45, 7) is 0. The van der Waals surface area contributed by atoms with Crippen molar-refractivity contribution in [2.45, 2.75) is 6.42 Å². The molecule has 0 spiro atoms. The standard InChI is InChI=1S/C16H18O3/c1-17-14-6-4-12(5-7-14)8-13-9-15(18-2)11-16(10-13)19-3/h4-7,9-11H,8H2,1-3H3. The third kappa shape index (κ3) is 3.41. The zero-order chi connectivity index (χ0) is 13.7. The van der Waals surface area contributed by atoms with Gasteiger partial charge in [-0.1, -0.05) is 12.1 Å². The van der Waals surface area contributed by atoms with Gasteiger partial charge >= 0.3 is 0 Å². The molecule has 0 heterocycles. The number of benzene rings is 2. The van der Waals surface area contributed by atoms with Crippen LogP contribution in [0.15, 0.2) is 42.5 Å². The van der Waals surface area contributed by atoms with Crippen LogP contribution in [-0.2, 0) is 6.42 Å². The minimum absolute atomic E-state index is 0.808. The minimum Gasteiger partial charge on any atom is -0.497 e. The SMILES string of the molecule is COc1ccc(Cc2cc(OC)cc(OC)c2)cc1. The van der Waals surface area contributed by atoms with Crippen LogP contribution in [0.3, 0.4) is 0 Å². The fourth-order valence-electron chi connectivity index (χ4n) is 1.95. The highest BCUT2D eigenvalue weighted by Crippen LogP contribution is 2.24. The predicted molar refractivity (Wildman–Crippen MR) is 75.3 cm³/mol. The highest BCUT2D eigenvalue weighted by Gasteiger charge is 2.03. The smallest absolute Gasteiger partial charge is 0.122 e. The van der Waals surface area contributed by atoms with Gasteiger partial charge in [-0.3, -0.25) is 0 Å². The van der Waals surface area contributed by atoms with Gasteiger partial charge in [0.15, 0.2) is 0 Å². The maximum atomic E-state index is 5.27. The van der Waals surface area contributed by atoms with Crippen molar-refractivity contribution in [3.05, 3.63) is 53.6 Å². The van der Waals surface area contributed by atoms with Gasteiger partial charge in [-0.05, 0) is 41.8 Å². The van der Waals surface area contributed by atoms with Gasteiger partial charge in [0, 0.05) is 6.07 Å². The van der Waals surface area contributed by atoms with Gasteiger partial charge in [0.25, 0.3) is 0 Å². The van der Waals surface area contributed by atoms with Crippen molar-refractivity contribution < 1.29 is 14.2 Å². The van der Waals surface area contributed by atoms with Gasteiger partial charge in [-0.15, -0.1) is 0 Å². The topological polar surface area (TPSA) is 27.7 Å². The van der Waals surface area contributed by atoms with Crippen molar-refractivity contribution in [1.29, 1.82) is 0 Å². The number of hydrogen-bond donors (Lipinski definition) is 0. The monoisotopic (exact) mass is 258 g/mol. The first-order valence-corrected chi connectivity index (χ1v) is 6.10. The van der Waals surface area contributed by atoms with Crippen molar-refractivity contribution in [2.24, 2.45) is 0 Å². The third-order valence-corrected chi connectivity index (χ3v) is 2.98. The lowest BCUT2D eigenvalue weighted by atomic mass is 10.0. The van der Waals surface area contributed by atoms with Gasteiger partial charge < -0.3 is 14.2 Å². The Balaban J connectivity index is 2.21. The van der Waals surface area contributed by atoms with E-state index in [0.717, 1.165) is 29.2 Å². The Morgan fingerprint density at radius 2 is 1.16 bits per heavy atom. The van der Waals surface area contributed by atoms with Gasteiger partial charge in [0.05, 0.1) is 21.3 Å². The highest BCUT2D eigenvalue weighted by molar-refractivity contribution is 5.41. The first kappa shape index (κ1) is 13.3. The Labute approximate surface area is 113 Å². The number of rotatable bonds is 5. The van der Waals surface area contributed by atoms with Gasteiger partial charge in [-0.25, -0.2) is 0 Å². The Morgan fingerprint density at radius 3 is 1.63 bits per heavy atom. The summed E-state index contributed by atoms with van der Waals surface area (Å²) in [6.07, 6.45) is 0.831. The van der Waals surface area contributed by atoms with Crippen LogP contribution in [0.25, 0.3) is 0 Å². The summed E-state index contributed by atoms with van der Waals surface area (Å²) in [5.74, 6) is 2.48. The molecule has 0 radical (unpaired) electrons. The minimum atomic E-state index is 0.808. The predicted octanol–water partition coefficient (Wildman–Crippen LogP) is 3.30. The van der Waals surface area contributed by atoms with Gasteiger partial charge in [0.1, 0.15) is 17.2 Å². The molecule has 0 aromatic heterocycles. The van der Waals surface area contributed by atoms with Crippen molar-refractivity contribution in [3.8, 4) is 17.2 Å². The van der Waals surface area contributed by atoms with Crippen LogP contribution in [0.1, 0.15) is 11.1 Å². The van der Waals surface area contributed by atoms with Crippen LogP contribution in [-0.4, -0.2) is 21.3 Å². The van der Waals surface area contributed by atoms with Crippen LogP contribution in [0.2, 0.25) is 0 Å². The second-order valence-corrected chi connectivity index (χ2v) is 4.25. The molecule has 0 aliphatic rings. The Hall–Kier alpha value is -2.16. The summed E-state index contributed by atoms with van der Waals surface area (Å²) in [5, 5.41) is 0. The molecule has 2 aromatic rings. The molecule has 0 N–H and O–H groups in total. The molecular weight excluding hydrogens is 240 g/mol. The lowest BCUT2D eigenvalue weighted by Gasteiger charge is -2.09. The summed E-state index contributed by atoms with van der Waals surface area (Å²) in [7, 11) is 4.99. The summed E-state index contributed by atoms with van der Waals surface area (Å²) in [4.78, 5) is 0. The second-order valence-electron chi connectivity index (χ2n) is 4.25. The molecule has 3 heteroatoms. The molecule has 19 heavy (non-hydrogen) atoms. The van der Waals surface area contributed by atoms with Crippen molar-refractivity contribution in [1.82, 2.24) is 0 Å². The third-order valence-electron chi connectivity index (χ3n) is 2.98. The molecule has 0 amide bonds. The van der Waals surface area contributed by atoms with E-state index >= 15 is 0 Å². The van der Waals surface area contributed by atoms with E-state index < -0.39 is 0 Å². The summed E-state index contributed by atoms with van der Waals surface area (Å²) >= 11 is 0. The van der Waals surface area contributed by atoms with E-state index in [9.17, 15) is 0 Å². The van der Waals surface area contributed by atoms with E-state index in [2.05, 4.69) is 12.1 Å². The average Bonchev–Trinajstić information content (AvgIpc) is 2.47. The van der Waals surface area contributed by atoms with E-state index in [1.54, 1.807) is 21.3 Å². The zero-order valence-corrected chi connectivity index (χ0v) is 11.5. The largest absolute Gasteiger partial charge is 0.497 e. The summed E-state index contributed by atoms with van der Waals surface area (Å²) in [6, 6.07) is 14.0. The zero-order valence-electron chi connectivity index (χ0n) is 11.5. The number of ether oxygens (including phenoxy) is 3. The molecule has 0 bridgehead atoms. The van der Waals surface area contributed by atoms with Crippen LogP contribution in [0.4, 0.5) is 0 Å². The van der Waals surface area contributed by atoms with Crippen LogP contribution < -0.4 is 14.2 Å². The lowest BCUT2D eigenvalue weighted by Crippen LogP contribution is -1.93. The Kier molecular flexibility index (Phi) is 4.29. The van der Waals surface area contributed by atoms with E-state index in [1.807, 2.05) is 30.3 Å². The maximum absolute atomic E-state index is 5.27. The van der Waals surface area contributed by atoms with Crippen LogP contribution >= 0.6 is 0 Å². The molecule has 3 nitrogen and oxygen atoms in total. The molecule has 2 rings (SSSR count). The first-order chi connectivity index (χ1) is 9.25. The van der Waals surface area contributed by atoms with Crippen molar-refractivity contribution in [2.75, 3.05) is 21.3 Å². The molecule has 0 fully saturated rings. The Morgan fingerprint density at radius 1 is 0.632 bits per heavy atom. The molecule has 2 aromatic carbocycles. The van der Waals surface area contributed by atoms with Crippen LogP contribution in [0, 0.1) is 0 Å². The van der Waals surface area contributed by atoms with Gasteiger partial charge in [-0.2, -0.15) is 0 Å². The lowest BCUT2D eigenvalue weighted by molar-refractivity contribution is 0.393. The molecule has 0 saturated heterocycles. The van der Waals surface area contributed by atoms with Crippen molar-refractivity contribution in [3.63, 3.8) is 0 Å². The van der Waals surface area contributed by atoms with E-state index in [-0.39, 0.29) is 0 Å². The molecule has 0 unspecified atom stereocenters. The molecule has 0 saturated carbocycles. The first-order valence-electron chi connectivity index (χ1n) is 6.10. The molecule has 0 aliphatic heterocycles. The summed E-state index contributed by atoms with van der Waals surface area (Å²) < 4.78 is 15.7. The quantitative estimate of drug-likeness (QED) is 0.823. The maximum Gasteiger partial charge on any atom is 0.122 e. The van der Waals surface area contributed by atoms with Gasteiger partial charge in [0.2, 0.25) is 0 Å². The van der Waals surface area contributed by atoms with Crippen LogP contribution in [0.5, 0.6) is 17.2 Å². The van der Waals surface area contributed by atoms with E-state index in [4.69, 9.17) is 14.2 Å². The normalized spacial score (nSPS) is 10.1. The highest BCUT2D eigenvalue weighted by atomic mass is 16.5. The molecular formula is C16H18O3. The molecule has 0 aliphatic carbocycles. The van der Waals surface area contributed by atoms with E-state index in [0.29, 0.717) is 0 Å². The molecule has 0 atom stereocenters. The fraction of sp³-hybridized carbons (Fsp3) is 0.250. The summed E-state index contributed by atoms with van der Waals surface area (Å²) in [5.41, 5.74) is 2.37.